The van der Waals surface area contributed by atoms with Gasteiger partial charge in [-0.1, -0.05) is 18.2 Å². The first-order chi connectivity index (χ1) is 17.2. The number of carboxylic acid groups (broad SMARTS) is 1. The largest absolute Gasteiger partial charge is 0.496 e. The summed E-state index contributed by atoms with van der Waals surface area (Å²) >= 11 is 0. The molecular formula is C29H33N3O4. The molecule has 36 heavy (non-hydrogen) atoms. The van der Waals surface area contributed by atoms with Crippen LogP contribution in [0.15, 0.2) is 59.3 Å². The average molecular weight is 488 g/mol. The van der Waals surface area contributed by atoms with Crippen molar-refractivity contribution < 1.29 is 19.1 Å². The number of methoxy groups -OCH3 is 1. The fourth-order valence-corrected chi connectivity index (χ4v) is 5.43. The fourth-order valence-electron chi connectivity index (χ4n) is 5.43. The Bertz CT molecular complexity index is 1360. The van der Waals surface area contributed by atoms with E-state index in [0.717, 1.165) is 76.9 Å². The smallest absolute Gasteiger partial charge is 0.407 e. The minimum Gasteiger partial charge on any atom is -0.496 e. The van der Waals surface area contributed by atoms with Gasteiger partial charge in [-0.25, -0.2) is 4.79 Å². The molecule has 0 saturated carbocycles. The molecule has 3 heterocycles. The highest BCUT2D eigenvalue weighted by Crippen LogP contribution is 2.36. The molecule has 1 N–H and O–H groups in total. The van der Waals surface area contributed by atoms with Crippen LogP contribution in [-0.4, -0.2) is 57.8 Å². The lowest BCUT2D eigenvalue weighted by Gasteiger charge is -2.43. The second-order valence-corrected chi connectivity index (χ2v) is 10.6. The fraction of sp³-hybridized carbons (Fsp3) is 0.379. The summed E-state index contributed by atoms with van der Waals surface area (Å²) in [5, 5.41) is 12.9. The minimum absolute atomic E-state index is 0.0306. The Balaban J connectivity index is 1.42. The van der Waals surface area contributed by atoms with E-state index in [2.05, 4.69) is 22.0 Å². The van der Waals surface area contributed by atoms with Gasteiger partial charge >= 0.3 is 6.09 Å². The summed E-state index contributed by atoms with van der Waals surface area (Å²) in [7, 11) is 1.70. The van der Waals surface area contributed by atoms with E-state index in [-0.39, 0.29) is 6.04 Å². The van der Waals surface area contributed by atoms with Crippen LogP contribution in [0.3, 0.4) is 0 Å². The zero-order valence-electron chi connectivity index (χ0n) is 21.3. The maximum atomic E-state index is 11.9. The quantitative estimate of drug-likeness (QED) is 0.351. The number of carbonyl (C=O) groups is 1. The van der Waals surface area contributed by atoms with Gasteiger partial charge in [0.15, 0.2) is 0 Å². The van der Waals surface area contributed by atoms with Crippen molar-refractivity contribution in [2.24, 2.45) is 0 Å². The Morgan fingerprint density at radius 3 is 2.56 bits per heavy atom. The van der Waals surface area contributed by atoms with E-state index in [1.807, 2.05) is 63.5 Å². The molecular weight excluding hydrogens is 454 g/mol. The molecule has 0 unspecified atom stereocenters. The zero-order valence-corrected chi connectivity index (χ0v) is 21.3. The molecule has 1 saturated heterocycles. The van der Waals surface area contributed by atoms with Gasteiger partial charge in [-0.05, 0) is 63.3 Å². The van der Waals surface area contributed by atoms with Crippen LogP contribution in [0.4, 0.5) is 4.79 Å². The van der Waals surface area contributed by atoms with E-state index in [9.17, 15) is 9.90 Å². The molecule has 1 aliphatic heterocycles. The summed E-state index contributed by atoms with van der Waals surface area (Å²) in [6.45, 7) is 8.28. The number of piperidine rings is 1. The van der Waals surface area contributed by atoms with Gasteiger partial charge in [0.2, 0.25) is 0 Å². The molecule has 0 bridgehead atoms. The Morgan fingerprint density at radius 2 is 1.89 bits per heavy atom. The molecule has 0 atom stereocenters. The first-order valence-corrected chi connectivity index (χ1v) is 12.4. The summed E-state index contributed by atoms with van der Waals surface area (Å²) < 4.78 is 11.9. The van der Waals surface area contributed by atoms with E-state index in [1.165, 1.54) is 0 Å². The van der Waals surface area contributed by atoms with Crippen molar-refractivity contribution in [3.63, 3.8) is 0 Å². The lowest BCUT2D eigenvalue weighted by molar-refractivity contribution is 0.0407. The Kier molecular flexibility index (Phi) is 6.35. The molecule has 1 fully saturated rings. The number of aromatic nitrogens is 1. The van der Waals surface area contributed by atoms with Crippen LogP contribution in [0.5, 0.6) is 5.75 Å². The number of benzene rings is 2. The number of hydrogen-bond acceptors (Lipinski definition) is 5. The van der Waals surface area contributed by atoms with Gasteiger partial charge in [-0.15, -0.1) is 0 Å². The van der Waals surface area contributed by atoms with Crippen LogP contribution in [0.25, 0.3) is 33.1 Å². The molecule has 1 amide bonds. The third-order valence-electron chi connectivity index (χ3n) is 7.10. The number of ether oxygens (including phenoxy) is 1. The topological polar surface area (TPSA) is 79.0 Å². The molecule has 0 spiro atoms. The molecule has 188 valence electrons. The van der Waals surface area contributed by atoms with Crippen LogP contribution in [-0.2, 0) is 6.54 Å². The van der Waals surface area contributed by atoms with Gasteiger partial charge < -0.3 is 19.2 Å². The van der Waals surface area contributed by atoms with Gasteiger partial charge in [0.05, 0.1) is 7.11 Å². The zero-order chi connectivity index (χ0) is 25.4. The van der Waals surface area contributed by atoms with Gasteiger partial charge in [0, 0.05) is 65.5 Å². The predicted octanol–water partition coefficient (Wildman–Crippen LogP) is 6.40. The van der Waals surface area contributed by atoms with Gasteiger partial charge in [0.25, 0.3) is 0 Å². The number of furan rings is 1. The number of nitrogens with zero attached hydrogens (tertiary/aromatic N) is 3. The van der Waals surface area contributed by atoms with E-state index in [0.29, 0.717) is 0 Å². The molecule has 2 aromatic carbocycles. The van der Waals surface area contributed by atoms with Crippen LogP contribution >= 0.6 is 0 Å². The molecule has 5 rings (SSSR count). The molecule has 0 radical (unpaired) electrons. The Hall–Kier alpha value is -3.58. The van der Waals surface area contributed by atoms with Crippen LogP contribution < -0.4 is 4.74 Å². The van der Waals surface area contributed by atoms with E-state index in [4.69, 9.17) is 9.15 Å². The van der Waals surface area contributed by atoms with E-state index >= 15 is 0 Å². The van der Waals surface area contributed by atoms with E-state index < -0.39 is 11.6 Å². The summed E-state index contributed by atoms with van der Waals surface area (Å²) in [6.07, 6.45) is 4.49. The first kappa shape index (κ1) is 24.1. The maximum absolute atomic E-state index is 11.9. The van der Waals surface area contributed by atoms with Gasteiger partial charge in [-0.2, -0.15) is 0 Å². The number of amides is 1. The Morgan fingerprint density at radius 1 is 1.14 bits per heavy atom. The van der Waals surface area contributed by atoms with Crippen molar-refractivity contribution in [3.8, 4) is 17.1 Å². The predicted molar refractivity (Wildman–Crippen MR) is 141 cm³/mol. The minimum atomic E-state index is -0.844. The van der Waals surface area contributed by atoms with Gasteiger partial charge in [-0.3, -0.25) is 9.88 Å². The number of hydrogen-bond donors (Lipinski definition) is 1. The van der Waals surface area contributed by atoms with Crippen molar-refractivity contribution in [2.45, 2.75) is 51.7 Å². The number of pyridine rings is 1. The maximum Gasteiger partial charge on any atom is 0.407 e. The highest BCUT2D eigenvalue weighted by atomic mass is 16.5. The molecule has 7 heteroatoms. The summed E-state index contributed by atoms with van der Waals surface area (Å²) in [5.74, 6) is 1.62. The number of fused-ring (bicyclic) bond motifs is 2. The molecule has 0 aliphatic carbocycles. The van der Waals surface area contributed by atoms with Crippen LogP contribution in [0.1, 0.15) is 39.2 Å². The number of likely N-dealkylation sites (tertiary alicyclic amines) is 1. The molecule has 1 aliphatic rings. The number of rotatable bonds is 5. The third-order valence-corrected chi connectivity index (χ3v) is 7.10. The standard InChI is InChI=1S/C29H33N3O4/c1-29(2,3)32(28(33)34)22-9-11-31(12-10-22)18-21-13-23-20(15-26(21)35-4)16-30-17-24(23)27-14-19-7-5-6-8-25(19)36-27/h5-8,13-17,22H,9-12,18H2,1-4H3,(H,33,34). The molecule has 4 aromatic rings. The molecule has 2 aromatic heterocycles. The van der Waals surface area contributed by atoms with Crippen molar-refractivity contribution in [1.29, 1.82) is 0 Å². The third kappa shape index (κ3) is 4.63. The van der Waals surface area contributed by atoms with Crippen LogP contribution in [0.2, 0.25) is 0 Å². The highest BCUT2D eigenvalue weighted by Gasteiger charge is 2.35. The second kappa shape index (κ2) is 9.47. The summed E-state index contributed by atoms with van der Waals surface area (Å²) in [6, 6.07) is 14.3. The second-order valence-electron chi connectivity index (χ2n) is 10.6. The first-order valence-electron chi connectivity index (χ1n) is 12.4. The monoisotopic (exact) mass is 487 g/mol. The molecule has 7 nitrogen and oxygen atoms in total. The van der Waals surface area contributed by atoms with Crippen molar-refractivity contribution in [1.82, 2.24) is 14.8 Å². The lowest BCUT2D eigenvalue weighted by Crippen LogP contribution is -2.54. The Labute approximate surface area is 211 Å². The average Bonchev–Trinajstić information content (AvgIpc) is 3.27. The van der Waals surface area contributed by atoms with Crippen molar-refractivity contribution in [3.05, 3.63) is 60.4 Å². The number of para-hydroxylation sites is 1. The summed E-state index contributed by atoms with van der Waals surface area (Å²) in [4.78, 5) is 20.4. The van der Waals surface area contributed by atoms with Gasteiger partial charge in [0.1, 0.15) is 17.1 Å². The normalized spacial score (nSPS) is 15.4. The van der Waals surface area contributed by atoms with Crippen molar-refractivity contribution >= 4 is 27.8 Å². The van der Waals surface area contributed by atoms with Crippen molar-refractivity contribution in [2.75, 3.05) is 20.2 Å². The highest BCUT2D eigenvalue weighted by molar-refractivity contribution is 5.98. The lowest BCUT2D eigenvalue weighted by atomic mass is 9.96. The summed E-state index contributed by atoms with van der Waals surface area (Å²) in [5.41, 5.74) is 2.49. The SMILES string of the molecule is COc1cc2cncc(-c3cc4ccccc4o3)c2cc1CN1CCC(N(C(=O)O)C(C)(C)C)CC1. The van der Waals surface area contributed by atoms with Crippen LogP contribution in [0, 0.1) is 0 Å². The van der Waals surface area contributed by atoms with E-state index in [1.54, 1.807) is 12.0 Å².